The Bertz CT molecular complexity index is 750. The summed E-state index contributed by atoms with van der Waals surface area (Å²) in [6, 6.07) is 8.74. The fourth-order valence-corrected chi connectivity index (χ4v) is 3.85. The number of aryl methyl sites for hydroxylation is 1. The fraction of sp³-hybridized carbons (Fsp3) is 0.550. The molecule has 1 aromatic heterocycles. The van der Waals surface area contributed by atoms with Gasteiger partial charge in [-0.25, -0.2) is 0 Å². The summed E-state index contributed by atoms with van der Waals surface area (Å²) in [5.41, 5.74) is 2.62. The standard InChI is InChI=1S/C20H29N7/c1-3-24-7-9-27(10-8-24)20-22-19(16-21-23-20)26-13-11-25(12-14-26)18-6-4-5-17(2)15-18/h4-6,15-16H,3,7-14H2,1-2H3. The highest BCUT2D eigenvalue weighted by molar-refractivity contribution is 5.51. The monoisotopic (exact) mass is 367 g/mol. The summed E-state index contributed by atoms with van der Waals surface area (Å²) in [6.45, 7) is 13.5. The van der Waals surface area contributed by atoms with Gasteiger partial charge in [-0.15, -0.1) is 5.10 Å². The maximum Gasteiger partial charge on any atom is 0.247 e. The minimum absolute atomic E-state index is 0.768. The number of piperazine rings is 2. The van der Waals surface area contributed by atoms with Crippen LogP contribution in [-0.2, 0) is 0 Å². The van der Waals surface area contributed by atoms with Crippen LogP contribution < -0.4 is 14.7 Å². The molecule has 2 aliphatic heterocycles. The van der Waals surface area contributed by atoms with E-state index in [0.29, 0.717) is 0 Å². The second kappa shape index (κ2) is 8.08. The van der Waals surface area contributed by atoms with E-state index in [0.717, 1.165) is 70.7 Å². The van der Waals surface area contributed by atoms with Gasteiger partial charge in [0.2, 0.25) is 5.95 Å². The summed E-state index contributed by atoms with van der Waals surface area (Å²) >= 11 is 0. The number of nitrogens with zero attached hydrogens (tertiary/aromatic N) is 7. The van der Waals surface area contributed by atoms with E-state index in [4.69, 9.17) is 4.98 Å². The van der Waals surface area contributed by atoms with E-state index in [9.17, 15) is 0 Å². The van der Waals surface area contributed by atoms with Crippen LogP contribution in [0.2, 0.25) is 0 Å². The Morgan fingerprint density at radius 2 is 1.59 bits per heavy atom. The SMILES string of the molecule is CCN1CCN(c2nncc(N3CCN(c4cccc(C)c4)CC3)n2)CC1. The number of likely N-dealkylation sites (N-methyl/N-ethyl adjacent to an activating group) is 1. The van der Waals surface area contributed by atoms with Crippen LogP contribution in [0, 0.1) is 6.92 Å². The summed E-state index contributed by atoms with van der Waals surface area (Å²) in [5.74, 6) is 1.71. The highest BCUT2D eigenvalue weighted by Gasteiger charge is 2.22. The first-order chi connectivity index (χ1) is 13.2. The van der Waals surface area contributed by atoms with Gasteiger partial charge < -0.3 is 19.6 Å². The second-order valence-corrected chi connectivity index (χ2v) is 7.35. The molecular weight excluding hydrogens is 338 g/mol. The van der Waals surface area contributed by atoms with Crippen molar-refractivity contribution in [1.82, 2.24) is 20.1 Å². The molecule has 0 bridgehead atoms. The topological polar surface area (TPSA) is 51.6 Å². The second-order valence-electron chi connectivity index (χ2n) is 7.35. The summed E-state index contributed by atoms with van der Waals surface area (Å²) in [4.78, 5) is 14.3. The smallest absolute Gasteiger partial charge is 0.247 e. The highest BCUT2D eigenvalue weighted by atomic mass is 15.4. The van der Waals surface area contributed by atoms with E-state index in [1.165, 1.54) is 11.3 Å². The summed E-state index contributed by atoms with van der Waals surface area (Å²) in [5, 5.41) is 8.53. The van der Waals surface area contributed by atoms with Gasteiger partial charge in [0.1, 0.15) is 0 Å². The molecule has 144 valence electrons. The van der Waals surface area contributed by atoms with E-state index in [-0.39, 0.29) is 0 Å². The van der Waals surface area contributed by atoms with Gasteiger partial charge in [-0.05, 0) is 31.2 Å². The molecule has 0 radical (unpaired) electrons. The van der Waals surface area contributed by atoms with Crippen molar-refractivity contribution in [3.63, 3.8) is 0 Å². The number of rotatable bonds is 4. The minimum atomic E-state index is 0.768. The zero-order valence-corrected chi connectivity index (χ0v) is 16.4. The van der Waals surface area contributed by atoms with Crippen LogP contribution in [0.1, 0.15) is 12.5 Å². The molecule has 0 spiro atoms. The van der Waals surface area contributed by atoms with E-state index >= 15 is 0 Å². The van der Waals surface area contributed by atoms with E-state index in [2.05, 4.69) is 67.9 Å². The van der Waals surface area contributed by atoms with Crippen molar-refractivity contribution in [2.45, 2.75) is 13.8 Å². The summed E-state index contributed by atoms with van der Waals surface area (Å²) < 4.78 is 0. The van der Waals surface area contributed by atoms with Gasteiger partial charge in [0, 0.05) is 58.0 Å². The average Bonchev–Trinajstić information content (AvgIpc) is 2.74. The molecule has 2 aliphatic rings. The minimum Gasteiger partial charge on any atom is -0.368 e. The molecule has 0 unspecified atom stereocenters. The molecule has 3 heterocycles. The van der Waals surface area contributed by atoms with Crippen LogP contribution in [0.4, 0.5) is 17.5 Å². The van der Waals surface area contributed by atoms with E-state index in [1.807, 2.05) is 0 Å². The molecule has 7 nitrogen and oxygen atoms in total. The average molecular weight is 368 g/mol. The fourth-order valence-electron chi connectivity index (χ4n) is 3.85. The lowest BCUT2D eigenvalue weighted by atomic mass is 10.2. The Morgan fingerprint density at radius 3 is 2.30 bits per heavy atom. The van der Waals surface area contributed by atoms with Gasteiger partial charge >= 0.3 is 0 Å². The Labute approximate surface area is 161 Å². The van der Waals surface area contributed by atoms with Crippen LogP contribution in [0.15, 0.2) is 30.5 Å². The number of hydrogen-bond acceptors (Lipinski definition) is 7. The molecular formula is C20H29N7. The quantitative estimate of drug-likeness (QED) is 0.814. The molecule has 0 aliphatic carbocycles. The molecule has 7 heteroatoms. The number of aromatic nitrogens is 3. The molecule has 0 amide bonds. The van der Waals surface area contributed by atoms with Crippen LogP contribution in [0.3, 0.4) is 0 Å². The number of benzene rings is 1. The van der Waals surface area contributed by atoms with Gasteiger partial charge in [0.25, 0.3) is 0 Å². The zero-order valence-electron chi connectivity index (χ0n) is 16.4. The lowest BCUT2D eigenvalue weighted by Gasteiger charge is -2.37. The highest BCUT2D eigenvalue weighted by Crippen LogP contribution is 2.21. The van der Waals surface area contributed by atoms with Crippen molar-refractivity contribution < 1.29 is 0 Å². The third-order valence-electron chi connectivity index (χ3n) is 5.61. The Hall–Kier alpha value is -2.41. The van der Waals surface area contributed by atoms with Crippen molar-refractivity contribution in [3.8, 4) is 0 Å². The van der Waals surface area contributed by atoms with Crippen LogP contribution in [0.25, 0.3) is 0 Å². The number of anilines is 3. The molecule has 27 heavy (non-hydrogen) atoms. The van der Waals surface area contributed by atoms with E-state index < -0.39 is 0 Å². The molecule has 2 aromatic rings. The molecule has 2 fully saturated rings. The molecule has 0 N–H and O–H groups in total. The third kappa shape index (κ3) is 4.13. The molecule has 4 rings (SSSR count). The van der Waals surface area contributed by atoms with Crippen molar-refractivity contribution in [2.75, 3.05) is 73.6 Å². The first-order valence-electron chi connectivity index (χ1n) is 9.96. The normalized spacial score (nSPS) is 18.8. The maximum absolute atomic E-state index is 4.82. The van der Waals surface area contributed by atoms with Gasteiger partial charge in [-0.2, -0.15) is 10.1 Å². The largest absolute Gasteiger partial charge is 0.368 e. The van der Waals surface area contributed by atoms with E-state index in [1.54, 1.807) is 6.20 Å². The predicted molar refractivity (Wildman–Crippen MR) is 110 cm³/mol. The van der Waals surface area contributed by atoms with Crippen LogP contribution in [-0.4, -0.2) is 79.0 Å². The molecule has 2 saturated heterocycles. The Morgan fingerprint density at radius 1 is 0.889 bits per heavy atom. The summed E-state index contributed by atoms with van der Waals surface area (Å²) in [6.07, 6.45) is 1.80. The van der Waals surface area contributed by atoms with Crippen LogP contribution in [0.5, 0.6) is 0 Å². The third-order valence-corrected chi connectivity index (χ3v) is 5.61. The zero-order chi connectivity index (χ0) is 18.6. The predicted octanol–water partition coefficient (Wildman–Crippen LogP) is 1.65. The molecule has 0 atom stereocenters. The van der Waals surface area contributed by atoms with Gasteiger partial charge in [0.05, 0.1) is 6.20 Å². The maximum atomic E-state index is 4.82. The van der Waals surface area contributed by atoms with Crippen LogP contribution >= 0.6 is 0 Å². The lowest BCUT2D eigenvalue weighted by Crippen LogP contribution is -2.48. The Kier molecular flexibility index (Phi) is 5.38. The lowest BCUT2D eigenvalue weighted by molar-refractivity contribution is 0.269. The first-order valence-corrected chi connectivity index (χ1v) is 9.96. The Balaban J connectivity index is 1.39. The van der Waals surface area contributed by atoms with Crippen molar-refractivity contribution in [2.24, 2.45) is 0 Å². The number of hydrogen-bond donors (Lipinski definition) is 0. The molecule has 1 aromatic carbocycles. The van der Waals surface area contributed by atoms with Crippen molar-refractivity contribution in [3.05, 3.63) is 36.0 Å². The first kappa shape index (κ1) is 18.0. The van der Waals surface area contributed by atoms with Gasteiger partial charge in [-0.3, -0.25) is 0 Å². The van der Waals surface area contributed by atoms with Gasteiger partial charge in [-0.1, -0.05) is 19.1 Å². The summed E-state index contributed by atoms with van der Waals surface area (Å²) in [7, 11) is 0. The molecule has 0 saturated carbocycles. The van der Waals surface area contributed by atoms with Crippen molar-refractivity contribution in [1.29, 1.82) is 0 Å². The van der Waals surface area contributed by atoms with Gasteiger partial charge in [0.15, 0.2) is 5.82 Å². The van der Waals surface area contributed by atoms with Crippen molar-refractivity contribution >= 4 is 17.5 Å².